The monoisotopic (exact) mass is 303 g/mol. The molecule has 3 rings (SSSR count). The molecule has 0 aliphatic carbocycles. The number of halogens is 1. The first-order valence-electron chi connectivity index (χ1n) is 6.59. The highest BCUT2D eigenvalue weighted by Crippen LogP contribution is 2.34. The minimum Gasteiger partial charge on any atom is -0.508 e. The fourth-order valence-corrected chi connectivity index (χ4v) is 2.39. The highest BCUT2D eigenvalue weighted by molar-refractivity contribution is 5.87. The zero-order valence-electron chi connectivity index (χ0n) is 12.0. The lowest BCUT2D eigenvalue weighted by Gasteiger charge is -2.11. The van der Waals surface area contributed by atoms with E-state index in [0.29, 0.717) is 12.3 Å². The van der Waals surface area contributed by atoms with Crippen LogP contribution in [0.25, 0.3) is 22.3 Å². The number of furan rings is 1. The van der Waals surface area contributed by atoms with Gasteiger partial charge in [0.15, 0.2) is 0 Å². The van der Waals surface area contributed by atoms with Crippen LogP contribution in [0.3, 0.4) is 0 Å². The molecule has 0 saturated carbocycles. The lowest BCUT2D eigenvalue weighted by atomic mass is 10.1. The summed E-state index contributed by atoms with van der Waals surface area (Å²) in [5.74, 6) is 1.14. The predicted octanol–water partition coefficient (Wildman–Crippen LogP) is 4.29. The average molecular weight is 304 g/mol. The summed E-state index contributed by atoms with van der Waals surface area (Å²) in [7, 11) is 3.97. The number of fused-ring (bicyclic) bond motifs is 1. The van der Waals surface area contributed by atoms with Crippen LogP contribution in [-0.4, -0.2) is 24.1 Å². The summed E-state index contributed by atoms with van der Waals surface area (Å²) >= 11 is 0. The van der Waals surface area contributed by atoms with Crippen molar-refractivity contribution in [1.82, 2.24) is 4.90 Å². The molecule has 21 heavy (non-hydrogen) atoms. The van der Waals surface area contributed by atoms with E-state index in [9.17, 15) is 5.11 Å². The van der Waals surface area contributed by atoms with E-state index in [1.54, 1.807) is 6.07 Å². The average Bonchev–Trinajstić information content (AvgIpc) is 2.87. The highest BCUT2D eigenvalue weighted by atomic mass is 35.5. The van der Waals surface area contributed by atoms with Crippen LogP contribution in [0.2, 0.25) is 0 Å². The van der Waals surface area contributed by atoms with Crippen molar-refractivity contribution in [3.63, 3.8) is 0 Å². The van der Waals surface area contributed by atoms with E-state index in [4.69, 9.17) is 4.42 Å². The predicted molar refractivity (Wildman–Crippen MR) is 88.0 cm³/mol. The molecule has 1 heterocycles. The van der Waals surface area contributed by atoms with E-state index in [2.05, 4.69) is 0 Å². The Hall–Kier alpha value is -1.97. The Kier molecular flexibility index (Phi) is 4.56. The Morgan fingerprint density at radius 1 is 1.05 bits per heavy atom. The van der Waals surface area contributed by atoms with Gasteiger partial charge in [0.05, 0.1) is 0 Å². The second kappa shape index (κ2) is 6.20. The fraction of sp³-hybridized carbons (Fsp3) is 0.176. The molecule has 0 saturated heterocycles. The summed E-state index contributed by atoms with van der Waals surface area (Å²) in [4.78, 5) is 2.03. The molecule has 4 heteroatoms. The van der Waals surface area contributed by atoms with Crippen molar-refractivity contribution in [1.29, 1.82) is 0 Å². The van der Waals surface area contributed by atoms with E-state index in [-0.39, 0.29) is 12.4 Å². The molecule has 3 nitrogen and oxygen atoms in total. The van der Waals surface area contributed by atoms with E-state index in [1.807, 2.05) is 61.5 Å². The molecule has 0 bridgehead atoms. The minimum absolute atomic E-state index is 0. The number of aromatic hydroxyl groups is 1. The Morgan fingerprint density at radius 3 is 2.43 bits per heavy atom. The normalized spacial score (nSPS) is 10.8. The third-order valence-electron chi connectivity index (χ3n) is 3.32. The number of phenolic OH excluding ortho intramolecular Hbond substituents is 1. The molecule has 0 spiro atoms. The van der Waals surface area contributed by atoms with Gasteiger partial charge in [-0.3, -0.25) is 0 Å². The third-order valence-corrected chi connectivity index (χ3v) is 3.32. The van der Waals surface area contributed by atoms with Crippen LogP contribution in [0.5, 0.6) is 5.75 Å². The molecule has 1 N–H and O–H groups in total. The number of hydrogen-bond donors (Lipinski definition) is 1. The molecule has 0 radical (unpaired) electrons. The molecular formula is C17H18ClNO2. The lowest BCUT2D eigenvalue weighted by molar-refractivity contribution is 0.388. The largest absolute Gasteiger partial charge is 0.508 e. The van der Waals surface area contributed by atoms with Gasteiger partial charge < -0.3 is 14.4 Å². The van der Waals surface area contributed by atoms with Crippen molar-refractivity contribution in [2.45, 2.75) is 6.54 Å². The molecular weight excluding hydrogens is 286 g/mol. The van der Waals surface area contributed by atoms with Gasteiger partial charge in [-0.2, -0.15) is 0 Å². The molecule has 110 valence electrons. The number of hydrogen-bond acceptors (Lipinski definition) is 3. The molecule has 0 atom stereocenters. The topological polar surface area (TPSA) is 36.6 Å². The molecule has 2 aromatic carbocycles. The first-order chi connectivity index (χ1) is 9.65. The first kappa shape index (κ1) is 15.4. The first-order valence-corrected chi connectivity index (χ1v) is 6.59. The Balaban J connectivity index is 0.00000161. The van der Waals surface area contributed by atoms with Crippen LogP contribution < -0.4 is 0 Å². The molecule has 0 aliphatic rings. The van der Waals surface area contributed by atoms with Gasteiger partial charge in [0.2, 0.25) is 0 Å². The Labute approximate surface area is 130 Å². The maximum atomic E-state index is 10.1. The molecule has 0 amide bonds. The van der Waals surface area contributed by atoms with Gasteiger partial charge in [-0.15, -0.1) is 12.4 Å². The van der Waals surface area contributed by atoms with Crippen molar-refractivity contribution in [3.8, 4) is 17.1 Å². The zero-order chi connectivity index (χ0) is 14.1. The van der Waals surface area contributed by atoms with Crippen molar-refractivity contribution in [2.24, 2.45) is 0 Å². The molecule has 0 fully saturated rings. The summed E-state index contributed by atoms with van der Waals surface area (Å²) in [6.07, 6.45) is 0. The van der Waals surface area contributed by atoms with Crippen LogP contribution in [0, 0.1) is 0 Å². The van der Waals surface area contributed by atoms with Gasteiger partial charge in [-0.1, -0.05) is 30.3 Å². The number of nitrogens with zero attached hydrogens (tertiary/aromatic N) is 1. The second-order valence-corrected chi connectivity index (χ2v) is 5.19. The Morgan fingerprint density at radius 2 is 1.76 bits per heavy atom. The van der Waals surface area contributed by atoms with Crippen LogP contribution in [-0.2, 0) is 6.54 Å². The summed E-state index contributed by atoms with van der Waals surface area (Å²) in [6.45, 7) is 0.678. The maximum Gasteiger partial charge on any atom is 0.135 e. The van der Waals surface area contributed by atoms with Crippen molar-refractivity contribution in [3.05, 3.63) is 54.1 Å². The van der Waals surface area contributed by atoms with E-state index in [0.717, 1.165) is 27.9 Å². The van der Waals surface area contributed by atoms with Gasteiger partial charge in [-0.25, -0.2) is 0 Å². The molecule has 0 aliphatic heterocycles. The van der Waals surface area contributed by atoms with E-state index >= 15 is 0 Å². The van der Waals surface area contributed by atoms with Crippen molar-refractivity contribution < 1.29 is 9.52 Å². The number of rotatable bonds is 3. The third kappa shape index (κ3) is 3.04. The quantitative estimate of drug-likeness (QED) is 0.784. The second-order valence-electron chi connectivity index (χ2n) is 5.19. The molecule has 0 unspecified atom stereocenters. The van der Waals surface area contributed by atoms with Gasteiger partial charge in [-0.05, 0) is 32.3 Å². The maximum absolute atomic E-state index is 10.1. The standard InChI is InChI=1S/C17H17NO2.ClH/c1-18(2)11-14-13-10-17(12-6-4-3-5-7-12)20-16(13)9-8-15(14)19;/h3-10,19H,11H2,1-2H3;1H. The Bertz CT molecular complexity index is 735. The fourth-order valence-electron chi connectivity index (χ4n) is 2.39. The van der Waals surface area contributed by atoms with Gasteiger partial charge in [0, 0.05) is 23.1 Å². The van der Waals surface area contributed by atoms with Crippen molar-refractivity contribution in [2.75, 3.05) is 14.1 Å². The van der Waals surface area contributed by atoms with Crippen molar-refractivity contribution >= 4 is 23.4 Å². The summed E-state index contributed by atoms with van der Waals surface area (Å²) < 4.78 is 5.90. The smallest absolute Gasteiger partial charge is 0.135 e. The van der Waals surface area contributed by atoms with E-state index < -0.39 is 0 Å². The van der Waals surface area contributed by atoms with Gasteiger partial charge in [0.1, 0.15) is 17.1 Å². The number of phenols is 1. The molecule has 1 aromatic heterocycles. The van der Waals surface area contributed by atoms with Crippen LogP contribution in [0.15, 0.2) is 52.9 Å². The number of benzene rings is 2. The van der Waals surface area contributed by atoms with Gasteiger partial charge in [0.25, 0.3) is 0 Å². The highest BCUT2D eigenvalue weighted by Gasteiger charge is 2.13. The van der Waals surface area contributed by atoms with E-state index in [1.165, 1.54) is 0 Å². The SMILES string of the molecule is CN(C)Cc1c(O)ccc2oc(-c3ccccc3)cc12.Cl. The van der Waals surface area contributed by atoms with Gasteiger partial charge >= 0.3 is 0 Å². The summed E-state index contributed by atoms with van der Waals surface area (Å²) in [6, 6.07) is 15.5. The summed E-state index contributed by atoms with van der Waals surface area (Å²) in [5.41, 5.74) is 2.75. The molecule has 3 aromatic rings. The minimum atomic E-state index is 0. The zero-order valence-corrected chi connectivity index (χ0v) is 12.9. The van der Waals surface area contributed by atoms with Crippen LogP contribution >= 0.6 is 12.4 Å². The summed E-state index contributed by atoms with van der Waals surface area (Å²) in [5, 5.41) is 11.0. The lowest BCUT2D eigenvalue weighted by Crippen LogP contribution is -2.10. The van der Waals surface area contributed by atoms with Crippen LogP contribution in [0.1, 0.15) is 5.56 Å². The van der Waals surface area contributed by atoms with Crippen LogP contribution in [0.4, 0.5) is 0 Å².